The predicted octanol–water partition coefficient (Wildman–Crippen LogP) is 3.35. The maximum absolute atomic E-state index is 3.24. The lowest BCUT2D eigenvalue weighted by atomic mass is 10.1. The molecule has 1 N–H and O–H groups in total. The first-order valence-corrected chi connectivity index (χ1v) is 7.14. The molecule has 0 amide bonds. The fraction of sp³-hybridized carbons (Fsp3) is 0.333. The van der Waals surface area contributed by atoms with Crippen molar-refractivity contribution in [3.63, 3.8) is 0 Å². The van der Waals surface area contributed by atoms with Crippen LogP contribution in [-0.2, 0) is 19.6 Å². The molecule has 0 saturated heterocycles. The molecule has 2 aromatic carbocycles. The summed E-state index contributed by atoms with van der Waals surface area (Å²) in [5, 5.41) is 3.24. The predicted molar refractivity (Wildman–Crippen MR) is 85.6 cm³/mol. The molecule has 0 aliphatic rings. The molecule has 0 heterocycles. The molecule has 0 aromatic heterocycles. The molecule has 2 heteroatoms. The summed E-state index contributed by atoms with van der Waals surface area (Å²) < 4.78 is 0. The first kappa shape index (κ1) is 14.8. The highest BCUT2D eigenvalue weighted by atomic mass is 15.1. The van der Waals surface area contributed by atoms with E-state index >= 15 is 0 Å². The molecule has 2 nitrogen and oxygen atoms in total. The van der Waals surface area contributed by atoms with Crippen molar-refractivity contribution >= 4 is 0 Å². The molecule has 0 fully saturated rings. The van der Waals surface area contributed by atoms with Gasteiger partial charge in [0, 0.05) is 19.6 Å². The van der Waals surface area contributed by atoms with Crippen LogP contribution >= 0.6 is 0 Å². The maximum Gasteiger partial charge on any atom is 0.0237 e. The maximum atomic E-state index is 3.24. The lowest BCUT2D eigenvalue weighted by Gasteiger charge is -2.19. The van der Waals surface area contributed by atoms with Crippen LogP contribution in [0.3, 0.4) is 0 Å². The first-order valence-electron chi connectivity index (χ1n) is 7.14. The standard InChI is InChI=1S/C18H24N2/c1-15-8-10-16(11-9-15)13-20(3)14-18-7-5-4-6-17(18)12-19-2/h4-11,19H,12-14H2,1-3H3. The van der Waals surface area contributed by atoms with Crippen LogP contribution in [-0.4, -0.2) is 19.0 Å². The van der Waals surface area contributed by atoms with Gasteiger partial charge in [0.1, 0.15) is 0 Å². The summed E-state index contributed by atoms with van der Waals surface area (Å²) in [6, 6.07) is 17.4. The van der Waals surface area contributed by atoms with Crippen molar-refractivity contribution in [3.05, 3.63) is 70.8 Å². The van der Waals surface area contributed by atoms with E-state index in [9.17, 15) is 0 Å². The highest BCUT2D eigenvalue weighted by Gasteiger charge is 2.05. The minimum atomic E-state index is 0.925. The number of nitrogens with one attached hydrogen (secondary N) is 1. The minimum Gasteiger partial charge on any atom is -0.316 e. The molecule has 0 saturated carbocycles. The van der Waals surface area contributed by atoms with Gasteiger partial charge in [0.05, 0.1) is 0 Å². The van der Waals surface area contributed by atoms with Gasteiger partial charge in [0.25, 0.3) is 0 Å². The van der Waals surface area contributed by atoms with Crippen molar-refractivity contribution in [2.75, 3.05) is 14.1 Å². The Morgan fingerprint density at radius 1 is 0.900 bits per heavy atom. The topological polar surface area (TPSA) is 15.3 Å². The van der Waals surface area contributed by atoms with E-state index in [1.54, 1.807) is 0 Å². The average Bonchev–Trinajstić information content (AvgIpc) is 2.44. The van der Waals surface area contributed by atoms with Gasteiger partial charge < -0.3 is 5.32 Å². The van der Waals surface area contributed by atoms with Crippen molar-refractivity contribution < 1.29 is 0 Å². The smallest absolute Gasteiger partial charge is 0.0237 e. The molecule has 106 valence electrons. The molecule has 2 rings (SSSR count). The monoisotopic (exact) mass is 268 g/mol. The van der Waals surface area contributed by atoms with Gasteiger partial charge in [0.15, 0.2) is 0 Å². The van der Waals surface area contributed by atoms with Crippen LogP contribution in [0.2, 0.25) is 0 Å². The van der Waals surface area contributed by atoms with Crippen molar-refractivity contribution in [1.82, 2.24) is 10.2 Å². The molecule has 0 aliphatic heterocycles. The largest absolute Gasteiger partial charge is 0.316 e. The zero-order chi connectivity index (χ0) is 14.4. The van der Waals surface area contributed by atoms with Crippen LogP contribution in [0.25, 0.3) is 0 Å². The normalized spacial score (nSPS) is 11.0. The summed E-state index contributed by atoms with van der Waals surface area (Å²) in [7, 11) is 4.17. The Morgan fingerprint density at radius 2 is 1.55 bits per heavy atom. The van der Waals surface area contributed by atoms with Crippen LogP contribution in [0.5, 0.6) is 0 Å². The second-order valence-corrected chi connectivity index (χ2v) is 5.46. The van der Waals surface area contributed by atoms with Gasteiger partial charge in [0.2, 0.25) is 0 Å². The Bertz CT molecular complexity index is 531. The summed E-state index contributed by atoms with van der Waals surface area (Å²) in [5.74, 6) is 0. The SMILES string of the molecule is CNCc1ccccc1CN(C)Cc1ccc(C)cc1. The zero-order valence-electron chi connectivity index (χ0n) is 12.7. The molecule has 0 unspecified atom stereocenters. The van der Waals surface area contributed by atoms with Gasteiger partial charge in [-0.2, -0.15) is 0 Å². The molecule has 0 aliphatic carbocycles. The Kier molecular flexibility index (Phi) is 5.33. The fourth-order valence-electron chi connectivity index (χ4n) is 2.43. The third kappa shape index (κ3) is 4.19. The van der Waals surface area contributed by atoms with Gasteiger partial charge in [-0.05, 0) is 37.7 Å². The van der Waals surface area contributed by atoms with E-state index < -0.39 is 0 Å². The summed E-state index contributed by atoms with van der Waals surface area (Å²) in [4.78, 5) is 2.36. The second kappa shape index (κ2) is 7.22. The third-order valence-corrected chi connectivity index (χ3v) is 3.50. The minimum absolute atomic E-state index is 0.925. The third-order valence-electron chi connectivity index (χ3n) is 3.50. The lowest BCUT2D eigenvalue weighted by molar-refractivity contribution is 0.318. The summed E-state index contributed by atoms with van der Waals surface area (Å²) in [6.07, 6.45) is 0. The van der Waals surface area contributed by atoms with Gasteiger partial charge in [-0.25, -0.2) is 0 Å². The Labute approximate surface area is 122 Å². The van der Waals surface area contributed by atoms with E-state index in [1.807, 2.05) is 7.05 Å². The number of hydrogen-bond donors (Lipinski definition) is 1. The van der Waals surface area contributed by atoms with Crippen molar-refractivity contribution in [3.8, 4) is 0 Å². The Balaban J connectivity index is 2.00. The number of benzene rings is 2. The summed E-state index contributed by atoms with van der Waals surface area (Å²) >= 11 is 0. The van der Waals surface area contributed by atoms with Crippen LogP contribution in [0.4, 0.5) is 0 Å². The Hall–Kier alpha value is -1.64. The van der Waals surface area contributed by atoms with E-state index in [-0.39, 0.29) is 0 Å². The van der Waals surface area contributed by atoms with Crippen LogP contribution < -0.4 is 5.32 Å². The van der Waals surface area contributed by atoms with E-state index in [0.717, 1.165) is 19.6 Å². The quantitative estimate of drug-likeness (QED) is 0.864. The zero-order valence-corrected chi connectivity index (χ0v) is 12.7. The summed E-state index contributed by atoms with van der Waals surface area (Å²) in [6.45, 7) is 5.01. The Morgan fingerprint density at radius 3 is 2.20 bits per heavy atom. The highest BCUT2D eigenvalue weighted by molar-refractivity contribution is 5.27. The first-order chi connectivity index (χ1) is 9.69. The van der Waals surface area contributed by atoms with E-state index in [1.165, 1.54) is 22.3 Å². The van der Waals surface area contributed by atoms with E-state index in [4.69, 9.17) is 0 Å². The van der Waals surface area contributed by atoms with Gasteiger partial charge >= 0.3 is 0 Å². The highest BCUT2D eigenvalue weighted by Crippen LogP contribution is 2.13. The molecule has 2 aromatic rings. The molecule has 0 radical (unpaired) electrons. The summed E-state index contributed by atoms with van der Waals surface area (Å²) in [5.41, 5.74) is 5.46. The molecule has 0 bridgehead atoms. The van der Waals surface area contributed by atoms with Crippen LogP contribution in [0, 0.1) is 6.92 Å². The molecule has 20 heavy (non-hydrogen) atoms. The van der Waals surface area contributed by atoms with Crippen molar-refractivity contribution in [2.24, 2.45) is 0 Å². The fourth-order valence-corrected chi connectivity index (χ4v) is 2.43. The van der Waals surface area contributed by atoms with Crippen molar-refractivity contribution in [1.29, 1.82) is 0 Å². The molecule has 0 spiro atoms. The average molecular weight is 268 g/mol. The van der Waals surface area contributed by atoms with Gasteiger partial charge in [-0.3, -0.25) is 4.90 Å². The van der Waals surface area contributed by atoms with Gasteiger partial charge in [-0.1, -0.05) is 54.1 Å². The van der Waals surface area contributed by atoms with E-state index in [0.29, 0.717) is 0 Å². The lowest BCUT2D eigenvalue weighted by Crippen LogP contribution is -2.19. The molecule has 0 atom stereocenters. The molecular formula is C18H24N2. The second-order valence-electron chi connectivity index (χ2n) is 5.46. The number of rotatable bonds is 6. The molecular weight excluding hydrogens is 244 g/mol. The number of hydrogen-bond acceptors (Lipinski definition) is 2. The van der Waals surface area contributed by atoms with E-state index in [2.05, 4.69) is 72.7 Å². The van der Waals surface area contributed by atoms with Crippen LogP contribution in [0.15, 0.2) is 48.5 Å². The van der Waals surface area contributed by atoms with Crippen LogP contribution in [0.1, 0.15) is 22.3 Å². The number of aryl methyl sites for hydroxylation is 1. The van der Waals surface area contributed by atoms with Crippen molar-refractivity contribution in [2.45, 2.75) is 26.6 Å². The number of nitrogens with zero attached hydrogens (tertiary/aromatic N) is 1. The van der Waals surface area contributed by atoms with Gasteiger partial charge in [-0.15, -0.1) is 0 Å².